The molecule has 142 valence electrons. The average Bonchev–Trinajstić information content (AvgIpc) is 2.62. The lowest BCUT2D eigenvalue weighted by Crippen LogP contribution is -2.38. The first kappa shape index (κ1) is 21.8. The van der Waals surface area contributed by atoms with E-state index in [1.807, 2.05) is 0 Å². The number of methoxy groups -OCH3 is 2. The standard InChI is InChI=1S/C16H23ClO8/c1-19-7-9-21-12-23-16(17,24-13-22-10-8-20-2)25-15-6-4-3-5-14(15)11-18/h3-6,11H,7-10,12-13H2,1-2H3. The summed E-state index contributed by atoms with van der Waals surface area (Å²) in [6.45, 7) is 0.975. The molecule has 25 heavy (non-hydrogen) atoms. The third-order valence-corrected chi connectivity index (χ3v) is 3.07. The van der Waals surface area contributed by atoms with Crippen molar-refractivity contribution in [1.29, 1.82) is 0 Å². The van der Waals surface area contributed by atoms with Gasteiger partial charge in [-0.05, 0) is 23.7 Å². The van der Waals surface area contributed by atoms with Crippen molar-refractivity contribution in [3.05, 3.63) is 29.8 Å². The van der Waals surface area contributed by atoms with E-state index in [4.69, 9.17) is 44.8 Å². The topological polar surface area (TPSA) is 81.7 Å². The van der Waals surface area contributed by atoms with Gasteiger partial charge in [0.05, 0.1) is 32.0 Å². The highest BCUT2D eigenvalue weighted by Gasteiger charge is 2.34. The second kappa shape index (κ2) is 13.0. The zero-order valence-corrected chi connectivity index (χ0v) is 15.0. The summed E-state index contributed by atoms with van der Waals surface area (Å²) in [7, 11) is 3.10. The van der Waals surface area contributed by atoms with E-state index >= 15 is 0 Å². The fourth-order valence-corrected chi connectivity index (χ4v) is 1.70. The Morgan fingerprint density at radius 1 is 0.960 bits per heavy atom. The number of halogens is 1. The van der Waals surface area contributed by atoms with Crippen molar-refractivity contribution >= 4 is 17.9 Å². The van der Waals surface area contributed by atoms with Gasteiger partial charge < -0.3 is 23.7 Å². The Kier molecular flexibility index (Phi) is 11.3. The van der Waals surface area contributed by atoms with E-state index in [1.165, 1.54) is 0 Å². The molecule has 1 rings (SSSR count). The number of carbonyl (C=O) groups is 1. The monoisotopic (exact) mass is 378 g/mol. The zero-order valence-electron chi connectivity index (χ0n) is 14.3. The van der Waals surface area contributed by atoms with Crippen LogP contribution in [0, 0.1) is 0 Å². The predicted molar refractivity (Wildman–Crippen MR) is 88.6 cm³/mol. The van der Waals surface area contributed by atoms with Crippen LogP contribution in [0.15, 0.2) is 24.3 Å². The fourth-order valence-electron chi connectivity index (χ4n) is 1.53. The summed E-state index contributed by atoms with van der Waals surface area (Å²) in [6.07, 6.45) is 0.636. The highest BCUT2D eigenvalue weighted by Crippen LogP contribution is 2.27. The quantitative estimate of drug-likeness (QED) is 0.198. The molecule has 0 atom stereocenters. The van der Waals surface area contributed by atoms with E-state index in [0.29, 0.717) is 38.3 Å². The number of para-hydroxylation sites is 1. The van der Waals surface area contributed by atoms with Crippen LogP contribution in [0.4, 0.5) is 0 Å². The summed E-state index contributed by atoms with van der Waals surface area (Å²) in [5, 5.41) is 0. The number of ether oxygens (including phenoxy) is 7. The van der Waals surface area contributed by atoms with Gasteiger partial charge in [-0.3, -0.25) is 14.3 Å². The molecule has 0 radical (unpaired) electrons. The van der Waals surface area contributed by atoms with Crippen molar-refractivity contribution in [2.45, 2.75) is 5.43 Å². The normalized spacial score (nSPS) is 11.5. The second-order valence-electron chi connectivity index (χ2n) is 4.57. The SMILES string of the molecule is COCCOCOC(Cl)(OCOCCOC)Oc1ccccc1C=O. The van der Waals surface area contributed by atoms with Crippen molar-refractivity contribution in [2.75, 3.05) is 54.2 Å². The van der Waals surface area contributed by atoms with Crippen LogP contribution >= 0.6 is 11.6 Å². The molecule has 0 aromatic heterocycles. The highest BCUT2D eigenvalue weighted by molar-refractivity contribution is 6.21. The van der Waals surface area contributed by atoms with Crippen LogP contribution < -0.4 is 4.74 Å². The molecular formula is C16H23ClO8. The maximum absolute atomic E-state index is 11.1. The van der Waals surface area contributed by atoms with Gasteiger partial charge >= 0.3 is 5.43 Å². The van der Waals surface area contributed by atoms with Crippen LogP contribution in [0.3, 0.4) is 0 Å². The number of carbonyl (C=O) groups excluding carboxylic acids is 1. The van der Waals surface area contributed by atoms with Gasteiger partial charge in [-0.15, -0.1) is 0 Å². The van der Waals surface area contributed by atoms with Gasteiger partial charge in [0.1, 0.15) is 5.75 Å². The summed E-state index contributed by atoms with van der Waals surface area (Å²) in [5.74, 6) is 0.196. The molecule has 0 aliphatic carbocycles. The summed E-state index contributed by atoms with van der Waals surface area (Å²) in [4.78, 5) is 11.1. The number of benzene rings is 1. The molecule has 0 aliphatic heterocycles. The second-order valence-corrected chi connectivity index (χ2v) is 5.03. The van der Waals surface area contributed by atoms with E-state index in [1.54, 1.807) is 38.5 Å². The fraction of sp³-hybridized carbons (Fsp3) is 0.562. The molecule has 0 unspecified atom stereocenters. The van der Waals surface area contributed by atoms with Crippen molar-refractivity contribution in [2.24, 2.45) is 0 Å². The molecule has 0 heterocycles. The first-order valence-corrected chi connectivity index (χ1v) is 7.86. The number of hydrogen-bond donors (Lipinski definition) is 0. The number of aldehydes is 1. The number of rotatable bonds is 15. The minimum Gasteiger partial charge on any atom is -0.426 e. The lowest BCUT2D eigenvalue weighted by atomic mass is 10.2. The Balaban J connectivity index is 2.63. The van der Waals surface area contributed by atoms with Gasteiger partial charge in [0.25, 0.3) is 0 Å². The molecular weight excluding hydrogens is 356 g/mol. The zero-order chi connectivity index (χ0) is 18.4. The molecule has 0 amide bonds. The van der Waals surface area contributed by atoms with E-state index in [0.717, 1.165) is 0 Å². The Morgan fingerprint density at radius 2 is 1.52 bits per heavy atom. The minimum absolute atomic E-state index is 0.196. The van der Waals surface area contributed by atoms with Crippen LogP contribution in [0.1, 0.15) is 10.4 Å². The first-order chi connectivity index (χ1) is 12.1. The lowest BCUT2D eigenvalue weighted by molar-refractivity contribution is -0.333. The summed E-state index contributed by atoms with van der Waals surface area (Å²) < 4.78 is 36.2. The predicted octanol–water partition coefficient (Wildman–Crippen LogP) is 2.00. The Bertz CT molecular complexity index is 471. The van der Waals surface area contributed by atoms with Crippen molar-refractivity contribution in [1.82, 2.24) is 0 Å². The minimum atomic E-state index is -2.03. The molecule has 0 spiro atoms. The molecule has 0 saturated carbocycles. The molecule has 1 aromatic rings. The molecule has 0 bridgehead atoms. The van der Waals surface area contributed by atoms with E-state index < -0.39 is 5.43 Å². The Labute approximate surface area is 151 Å². The summed E-state index contributed by atoms with van der Waals surface area (Å²) >= 11 is 6.22. The molecule has 0 N–H and O–H groups in total. The molecule has 8 nitrogen and oxygen atoms in total. The van der Waals surface area contributed by atoms with Gasteiger partial charge in [-0.1, -0.05) is 12.1 Å². The van der Waals surface area contributed by atoms with E-state index in [-0.39, 0.29) is 19.3 Å². The van der Waals surface area contributed by atoms with E-state index in [9.17, 15) is 4.79 Å². The van der Waals surface area contributed by atoms with Gasteiger partial charge in [0.15, 0.2) is 19.9 Å². The first-order valence-electron chi connectivity index (χ1n) is 7.48. The Morgan fingerprint density at radius 3 is 2.04 bits per heavy atom. The van der Waals surface area contributed by atoms with Crippen LogP contribution in [0.2, 0.25) is 0 Å². The molecule has 0 saturated heterocycles. The highest BCUT2D eigenvalue weighted by atomic mass is 35.5. The lowest BCUT2D eigenvalue weighted by Gasteiger charge is -2.27. The average molecular weight is 379 g/mol. The largest absolute Gasteiger partial charge is 0.426 e. The summed E-state index contributed by atoms with van der Waals surface area (Å²) in [6, 6.07) is 6.51. The number of hydrogen-bond acceptors (Lipinski definition) is 8. The van der Waals surface area contributed by atoms with Crippen LogP contribution in [-0.4, -0.2) is 66.0 Å². The van der Waals surface area contributed by atoms with Gasteiger partial charge in [-0.25, -0.2) is 0 Å². The van der Waals surface area contributed by atoms with Gasteiger partial charge in [0.2, 0.25) is 0 Å². The van der Waals surface area contributed by atoms with Crippen molar-refractivity contribution in [3.8, 4) is 5.75 Å². The molecule has 1 aromatic carbocycles. The van der Waals surface area contributed by atoms with Crippen LogP contribution in [-0.2, 0) is 28.4 Å². The Hall–Kier alpha value is -1.26. The smallest absolute Gasteiger partial charge is 0.420 e. The van der Waals surface area contributed by atoms with Gasteiger partial charge in [0, 0.05) is 14.2 Å². The third kappa shape index (κ3) is 9.13. The van der Waals surface area contributed by atoms with Crippen LogP contribution in [0.5, 0.6) is 5.75 Å². The molecule has 9 heteroatoms. The number of alkyl halides is 1. The van der Waals surface area contributed by atoms with Crippen LogP contribution in [0.25, 0.3) is 0 Å². The van der Waals surface area contributed by atoms with Crippen molar-refractivity contribution < 1.29 is 38.0 Å². The van der Waals surface area contributed by atoms with E-state index in [2.05, 4.69) is 0 Å². The maximum Gasteiger partial charge on any atom is 0.420 e. The maximum atomic E-state index is 11.1. The summed E-state index contributed by atoms with van der Waals surface area (Å²) in [5.41, 5.74) is -1.74. The van der Waals surface area contributed by atoms with Gasteiger partial charge in [-0.2, -0.15) is 0 Å². The van der Waals surface area contributed by atoms with Crippen molar-refractivity contribution in [3.63, 3.8) is 0 Å². The molecule has 0 fully saturated rings. The third-order valence-electron chi connectivity index (χ3n) is 2.77. The molecule has 0 aliphatic rings.